The SMILES string of the molecule is O=CC1(c2ccccc2)CCCCC1O. The molecule has 1 aromatic carbocycles. The molecule has 0 saturated heterocycles. The summed E-state index contributed by atoms with van der Waals surface area (Å²) in [5.74, 6) is 0. The predicted molar refractivity (Wildman–Crippen MR) is 58.7 cm³/mol. The maximum atomic E-state index is 11.3. The van der Waals surface area contributed by atoms with Crippen LogP contribution < -0.4 is 0 Å². The Morgan fingerprint density at radius 3 is 2.60 bits per heavy atom. The first-order valence-corrected chi connectivity index (χ1v) is 5.49. The summed E-state index contributed by atoms with van der Waals surface area (Å²) in [6, 6.07) is 9.63. The Bertz CT molecular complexity index is 334. The van der Waals surface area contributed by atoms with Crippen LogP contribution in [0.4, 0.5) is 0 Å². The Hall–Kier alpha value is -1.15. The van der Waals surface area contributed by atoms with E-state index in [2.05, 4.69) is 0 Å². The van der Waals surface area contributed by atoms with Crippen molar-refractivity contribution in [3.63, 3.8) is 0 Å². The summed E-state index contributed by atoms with van der Waals surface area (Å²) < 4.78 is 0. The predicted octanol–water partition coefficient (Wildman–Crippen LogP) is 2.06. The number of aldehydes is 1. The summed E-state index contributed by atoms with van der Waals surface area (Å²) in [4.78, 5) is 11.3. The van der Waals surface area contributed by atoms with E-state index >= 15 is 0 Å². The summed E-state index contributed by atoms with van der Waals surface area (Å²) in [6.45, 7) is 0. The molecule has 0 aliphatic heterocycles. The zero-order valence-electron chi connectivity index (χ0n) is 8.73. The molecule has 0 radical (unpaired) electrons. The number of aliphatic hydroxyl groups excluding tert-OH is 1. The second kappa shape index (κ2) is 4.15. The highest BCUT2D eigenvalue weighted by Gasteiger charge is 2.41. The highest BCUT2D eigenvalue weighted by atomic mass is 16.3. The number of benzene rings is 1. The third-order valence-electron chi connectivity index (χ3n) is 3.43. The van der Waals surface area contributed by atoms with Crippen molar-refractivity contribution in [2.24, 2.45) is 0 Å². The van der Waals surface area contributed by atoms with Crippen LogP contribution in [0.2, 0.25) is 0 Å². The van der Waals surface area contributed by atoms with Gasteiger partial charge in [-0.1, -0.05) is 43.2 Å². The lowest BCUT2D eigenvalue weighted by Gasteiger charge is -2.37. The first kappa shape index (κ1) is 10.4. The lowest BCUT2D eigenvalue weighted by molar-refractivity contribution is -0.118. The van der Waals surface area contributed by atoms with Gasteiger partial charge in [0, 0.05) is 0 Å². The first-order chi connectivity index (χ1) is 7.29. The minimum absolute atomic E-state index is 0.522. The molecule has 1 saturated carbocycles. The molecule has 1 aliphatic rings. The quantitative estimate of drug-likeness (QED) is 0.749. The van der Waals surface area contributed by atoms with E-state index in [-0.39, 0.29) is 0 Å². The molecular formula is C13H16O2. The van der Waals surface area contributed by atoms with Crippen molar-refractivity contribution in [3.05, 3.63) is 35.9 Å². The highest BCUT2D eigenvalue weighted by molar-refractivity contribution is 5.70. The molecule has 2 unspecified atom stereocenters. The van der Waals surface area contributed by atoms with E-state index in [9.17, 15) is 9.90 Å². The number of hydrogen-bond acceptors (Lipinski definition) is 2. The largest absolute Gasteiger partial charge is 0.392 e. The fraction of sp³-hybridized carbons (Fsp3) is 0.462. The third-order valence-corrected chi connectivity index (χ3v) is 3.43. The van der Waals surface area contributed by atoms with Crippen molar-refractivity contribution in [3.8, 4) is 0 Å². The zero-order chi connectivity index (χ0) is 10.7. The van der Waals surface area contributed by atoms with Crippen LogP contribution in [-0.2, 0) is 10.2 Å². The molecule has 1 fully saturated rings. The molecule has 1 N–H and O–H groups in total. The number of carbonyl (C=O) groups is 1. The highest BCUT2D eigenvalue weighted by Crippen LogP contribution is 2.37. The van der Waals surface area contributed by atoms with E-state index in [1.165, 1.54) is 0 Å². The Morgan fingerprint density at radius 1 is 1.27 bits per heavy atom. The first-order valence-electron chi connectivity index (χ1n) is 5.49. The molecule has 0 bridgehead atoms. The molecule has 0 amide bonds. The number of carbonyl (C=O) groups excluding carboxylic acids is 1. The van der Waals surface area contributed by atoms with Crippen molar-refractivity contribution in [2.75, 3.05) is 0 Å². The van der Waals surface area contributed by atoms with E-state index < -0.39 is 11.5 Å². The monoisotopic (exact) mass is 204 g/mol. The van der Waals surface area contributed by atoms with E-state index in [1.54, 1.807) is 0 Å². The smallest absolute Gasteiger partial charge is 0.133 e. The van der Waals surface area contributed by atoms with Gasteiger partial charge in [0.1, 0.15) is 6.29 Å². The van der Waals surface area contributed by atoms with Gasteiger partial charge in [-0.05, 0) is 18.4 Å². The molecule has 15 heavy (non-hydrogen) atoms. The van der Waals surface area contributed by atoms with E-state index in [1.807, 2.05) is 30.3 Å². The van der Waals surface area contributed by atoms with Crippen LogP contribution in [-0.4, -0.2) is 17.5 Å². The Labute approximate surface area is 89.9 Å². The van der Waals surface area contributed by atoms with Crippen LogP contribution in [0.3, 0.4) is 0 Å². The molecule has 0 aromatic heterocycles. The van der Waals surface area contributed by atoms with Gasteiger partial charge in [0.2, 0.25) is 0 Å². The molecule has 1 aliphatic carbocycles. The minimum atomic E-state index is -0.653. The zero-order valence-corrected chi connectivity index (χ0v) is 8.73. The topological polar surface area (TPSA) is 37.3 Å². The van der Waals surface area contributed by atoms with Gasteiger partial charge in [-0.3, -0.25) is 0 Å². The normalized spacial score (nSPS) is 31.1. The number of aliphatic hydroxyl groups is 1. The van der Waals surface area contributed by atoms with Crippen molar-refractivity contribution in [2.45, 2.75) is 37.2 Å². The van der Waals surface area contributed by atoms with Crippen molar-refractivity contribution in [1.82, 2.24) is 0 Å². The lowest BCUT2D eigenvalue weighted by Crippen LogP contribution is -2.43. The van der Waals surface area contributed by atoms with Crippen LogP contribution in [0.25, 0.3) is 0 Å². The van der Waals surface area contributed by atoms with Crippen molar-refractivity contribution < 1.29 is 9.90 Å². The molecule has 0 heterocycles. The Morgan fingerprint density at radius 2 is 2.00 bits per heavy atom. The Kier molecular flexibility index (Phi) is 2.87. The van der Waals surface area contributed by atoms with Gasteiger partial charge in [0.25, 0.3) is 0 Å². The standard InChI is InChI=1S/C13H16O2/c14-10-13(9-5-4-8-12(13)15)11-6-2-1-3-7-11/h1-3,6-7,10,12,15H,4-5,8-9H2. The van der Waals surface area contributed by atoms with E-state index in [4.69, 9.17) is 0 Å². The van der Waals surface area contributed by atoms with Crippen LogP contribution in [0.1, 0.15) is 31.2 Å². The average Bonchev–Trinajstić information content (AvgIpc) is 2.31. The number of rotatable bonds is 2. The second-order valence-corrected chi connectivity index (χ2v) is 4.29. The Balaban J connectivity index is 2.40. The van der Waals surface area contributed by atoms with Crippen molar-refractivity contribution >= 4 is 6.29 Å². The fourth-order valence-electron chi connectivity index (χ4n) is 2.47. The van der Waals surface area contributed by atoms with E-state index in [0.717, 1.165) is 37.5 Å². The van der Waals surface area contributed by atoms with Crippen LogP contribution in [0.5, 0.6) is 0 Å². The van der Waals surface area contributed by atoms with Gasteiger partial charge in [0.05, 0.1) is 11.5 Å². The summed E-state index contributed by atoms with van der Waals surface area (Å²) in [6.07, 6.45) is 3.95. The van der Waals surface area contributed by atoms with Crippen LogP contribution in [0, 0.1) is 0 Å². The maximum Gasteiger partial charge on any atom is 0.133 e. The molecule has 2 heteroatoms. The van der Waals surface area contributed by atoms with Gasteiger partial charge in [-0.25, -0.2) is 0 Å². The summed E-state index contributed by atoms with van der Waals surface area (Å²) in [5.41, 5.74) is 0.298. The van der Waals surface area contributed by atoms with Gasteiger partial charge in [-0.15, -0.1) is 0 Å². The second-order valence-electron chi connectivity index (χ2n) is 4.29. The van der Waals surface area contributed by atoms with Gasteiger partial charge < -0.3 is 9.90 Å². The van der Waals surface area contributed by atoms with Crippen LogP contribution in [0.15, 0.2) is 30.3 Å². The van der Waals surface area contributed by atoms with Crippen LogP contribution >= 0.6 is 0 Å². The third kappa shape index (κ3) is 1.70. The lowest BCUT2D eigenvalue weighted by atomic mass is 9.68. The van der Waals surface area contributed by atoms with Gasteiger partial charge in [0.15, 0.2) is 0 Å². The molecule has 2 nitrogen and oxygen atoms in total. The van der Waals surface area contributed by atoms with Gasteiger partial charge >= 0.3 is 0 Å². The molecule has 80 valence electrons. The molecular weight excluding hydrogens is 188 g/mol. The number of hydrogen-bond donors (Lipinski definition) is 1. The summed E-state index contributed by atoms with van der Waals surface area (Å²) in [5, 5.41) is 10.0. The fourth-order valence-corrected chi connectivity index (χ4v) is 2.47. The minimum Gasteiger partial charge on any atom is -0.392 e. The molecule has 0 spiro atoms. The molecule has 2 rings (SSSR count). The summed E-state index contributed by atoms with van der Waals surface area (Å²) in [7, 11) is 0. The summed E-state index contributed by atoms with van der Waals surface area (Å²) >= 11 is 0. The van der Waals surface area contributed by atoms with E-state index in [0.29, 0.717) is 0 Å². The average molecular weight is 204 g/mol. The van der Waals surface area contributed by atoms with Crippen molar-refractivity contribution in [1.29, 1.82) is 0 Å². The maximum absolute atomic E-state index is 11.3. The molecule has 1 aromatic rings. The molecule has 2 atom stereocenters. The van der Waals surface area contributed by atoms with Gasteiger partial charge in [-0.2, -0.15) is 0 Å².